The largest absolute Gasteiger partial charge is 0.756 e. The molecular formula is C45H90NO8P. The molecule has 328 valence electrons. The zero-order chi connectivity index (χ0) is 40.9. The van der Waals surface area contributed by atoms with Gasteiger partial charge in [-0.05, 0) is 18.8 Å². The van der Waals surface area contributed by atoms with Crippen molar-refractivity contribution in [2.45, 2.75) is 226 Å². The topological polar surface area (TPSA) is 111 Å². The molecule has 0 radical (unpaired) electrons. The zero-order valence-electron chi connectivity index (χ0n) is 37.1. The highest BCUT2D eigenvalue weighted by molar-refractivity contribution is 7.45. The Morgan fingerprint density at radius 1 is 0.545 bits per heavy atom. The number of rotatable bonds is 42. The summed E-state index contributed by atoms with van der Waals surface area (Å²) >= 11 is 0. The van der Waals surface area contributed by atoms with Gasteiger partial charge in [0.05, 0.1) is 27.7 Å². The molecule has 55 heavy (non-hydrogen) atoms. The summed E-state index contributed by atoms with van der Waals surface area (Å²) in [7, 11) is 1.18. The Bertz CT molecular complexity index is 927. The van der Waals surface area contributed by atoms with Crippen LogP contribution < -0.4 is 4.89 Å². The highest BCUT2D eigenvalue weighted by Gasteiger charge is 2.21. The standard InChI is InChI=1S/C45H90NO8P/c1-7-9-11-13-15-17-18-19-20-21-22-23-25-27-32-36-44(47)51-40-43(41-53-55(49,50)52-39-38-46(4,5)6)54-45(48)37-33-29-28-31-35-42(3)34-30-26-24-16-14-12-10-8-2/h42-43H,7-41H2,1-6H3. The minimum absolute atomic E-state index is 0.0268. The monoisotopic (exact) mass is 804 g/mol. The summed E-state index contributed by atoms with van der Waals surface area (Å²) in [4.78, 5) is 37.6. The van der Waals surface area contributed by atoms with E-state index in [2.05, 4.69) is 20.8 Å². The average Bonchev–Trinajstić information content (AvgIpc) is 3.13. The Morgan fingerprint density at radius 2 is 0.927 bits per heavy atom. The summed E-state index contributed by atoms with van der Waals surface area (Å²) in [6.07, 6.45) is 35.5. The molecule has 3 atom stereocenters. The number of nitrogens with zero attached hydrogens (tertiary/aromatic N) is 1. The molecule has 0 aromatic rings. The number of carbonyl (C=O) groups excluding carboxylic acids is 2. The fourth-order valence-electron chi connectivity index (χ4n) is 6.78. The van der Waals surface area contributed by atoms with Crippen LogP contribution in [-0.2, 0) is 32.7 Å². The summed E-state index contributed by atoms with van der Waals surface area (Å²) < 4.78 is 34.0. The number of hydrogen-bond donors (Lipinski definition) is 0. The number of esters is 2. The van der Waals surface area contributed by atoms with Gasteiger partial charge in [-0.15, -0.1) is 0 Å². The van der Waals surface area contributed by atoms with E-state index >= 15 is 0 Å². The number of unbranched alkanes of at least 4 members (excludes halogenated alkanes) is 24. The van der Waals surface area contributed by atoms with Gasteiger partial charge in [-0.3, -0.25) is 14.2 Å². The molecule has 10 heteroatoms. The van der Waals surface area contributed by atoms with Crippen LogP contribution in [0.3, 0.4) is 0 Å². The number of quaternary nitrogens is 1. The van der Waals surface area contributed by atoms with Crippen LogP contribution in [0.15, 0.2) is 0 Å². The van der Waals surface area contributed by atoms with E-state index in [9.17, 15) is 19.0 Å². The summed E-state index contributed by atoms with van der Waals surface area (Å²) in [6, 6.07) is 0. The van der Waals surface area contributed by atoms with Crippen molar-refractivity contribution in [1.29, 1.82) is 0 Å². The van der Waals surface area contributed by atoms with Crippen LogP contribution in [0.1, 0.15) is 220 Å². The lowest BCUT2D eigenvalue weighted by molar-refractivity contribution is -0.870. The molecule has 3 unspecified atom stereocenters. The maximum Gasteiger partial charge on any atom is 0.306 e. The van der Waals surface area contributed by atoms with Gasteiger partial charge in [0.25, 0.3) is 7.82 Å². The fraction of sp³-hybridized carbons (Fsp3) is 0.956. The van der Waals surface area contributed by atoms with Gasteiger partial charge in [-0.25, -0.2) is 0 Å². The van der Waals surface area contributed by atoms with Crippen molar-refractivity contribution in [2.24, 2.45) is 5.92 Å². The molecular weight excluding hydrogens is 713 g/mol. The first kappa shape index (κ1) is 54.0. The number of phosphoric acid groups is 1. The van der Waals surface area contributed by atoms with E-state index in [1.54, 1.807) is 0 Å². The first-order valence-electron chi connectivity index (χ1n) is 23.1. The predicted molar refractivity (Wildman–Crippen MR) is 227 cm³/mol. The quantitative estimate of drug-likeness (QED) is 0.0260. The van der Waals surface area contributed by atoms with Crippen molar-refractivity contribution in [2.75, 3.05) is 47.5 Å². The first-order valence-corrected chi connectivity index (χ1v) is 24.6. The Labute approximate surface area is 340 Å². The lowest BCUT2D eigenvalue weighted by Crippen LogP contribution is -2.37. The van der Waals surface area contributed by atoms with Crippen molar-refractivity contribution < 1.29 is 42.1 Å². The lowest BCUT2D eigenvalue weighted by Gasteiger charge is -2.28. The van der Waals surface area contributed by atoms with Crippen molar-refractivity contribution in [1.82, 2.24) is 0 Å². The molecule has 0 spiro atoms. The molecule has 0 saturated carbocycles. The van der Waals surface area contributed by atoms with E-state index in [0.29, 0.717) is 17.4 Å². The van der Waals surface area contributed by atoms with Crippen LogP contribution in [0.25, 0.3) is 0 Å². The minimum Gasteiger partial charge on any atom is -0.756 e. The second kappa shape index (κ2) is 37.3. The Hall–Kier alpha value is -0.990. The molecule has 9 nitrogen and oxygen atoms in total. The number of carbonyl (C=O) groups is 2. The second-order valence-electron chi connectivity index (χ2n) is 17.4. The maximum atomic E-state index is 12.7. The Morgan fingerprint density at radius 3 is 1.35 bits per heavy atom. The number of hydrogen-bond acceptors (Lipinski definition) is 8. The fourth-order valence-corrected chi connectivity index (χ4v) is 7.51. The highest BCUT2D eigenvalue weighted by atomic mass is 31.2. The van der Waals surface area contributed by atoms with Crippen LogP contribution in [0, 0.1) is 5.92 Å². The average molecular weight is 804 g/mol. The summed E-state index contributed by atoms with van der Waals surface area (Å²) in [6.45, 7) is 6.61. The van der Waals surface area contributed by atoms with E-state index in [4.69, 9.17) is 18.5 Å². The molecule has 0 aromatic heterocycles. The third-order valence-electron chi connectivity index (χ3n) is 10.5. The molecule has 0 N–H and O–H groups in total. The minimum atomic E-state index is -4.62. The van der Waals surface area contributed by atoms with E-state index in [1.807, 2.05) is 21.1 Å². The molecule has 0 heterocycles. The molecule has 0 rings (SSSR count). The zero-order valence-corrected chi connectivity index (χ0v) is 38.0. The number of phosphoric ester groups is 1. The number of ether oxygens (including phenoxy) is 2. The molecule has 0 amide bonds. The van der Waals surface area contributed by atoms with Crippen LogP contribution in [-0.4, -0.2) is 70.0 Å². The maximum absolute atomic E-state index is 12.7. The normalized spacial score (nSPS) is 14.1. The molecule has 0 aliphatic carbocycles. The van der Waals surface area contributed by atoms with Gasteiger partial charge in [0.15, 0.2) is 6.10 Å². The highest BCUT2D eigenvalue weighted by Crippen LogP contribution is 2.38. The lowest BCUT2D eigenvalue weighted by atomic mass is 9.96. The second-order valence-corrected chi connectivity index (χ2v) is 18.8. The summed E-state index contributed by atoms with van der Waals surface area (Å²) in [5.74, 6) is -0.0834. The molecule has 0 bridgehead atoms. The molecule has 0 aromatic carbocycles. The van der Waals surface area contributed by atoms with Gasteiger partial charge < -0.3 is 27.9 Å². The van der Waals surface area contributed by atoms with Crippen LogP contribution in [0.5, 0.6) is 0 Å². The Balaban J connectivity index is 4.37. The van der Waals surface area contributed by atoms with Crippen molar-refractivity contribution in [3.63, 3.8) is 0 Å². The van der Waals surface area contributed by atoms with Gasteiger partial charge in [0, 0.05) is 12.8 Å². The van der Waals surface area contributed by atoms with Crippen molar-refractivity contribution in [3.05, 3.63) is 0 Å². The molecule has 0 saturated heterocycles. The number of likely N-dealkylation sites (N-methyl/N-ethyl adjacent to an activating group) is 1. The van der Waals surface area contributed by atoms with E-state index in [0.717, 1.165) is 44.4 Å². The third kappa shape index (κ3) is 41.0. The van der Waals surface area contributed by atoms with Gasteiger partial charge >= 0.3 is 11.9 Å². The third-order valence-corrected chi connectivity index (χ3v) is 11.5. The van der Waals surface area contributed by atoms with Gasteiger partial charge in [-0.2, -0.15) is 0 Å². The molecule has 0 aliphatic rings. The van der Waals surface area contributed by atoms with E-state index in [1.165, 1.54) is 141 Å². The van der Waals surface area contributed by atoms with Crippen LogP contribution in [0.4, 0.5) is 0 Å². The van der Waals surface area contributed by atoms with Crippen molar-refractivity contribution >= 4 is 19.8 Å². The van der Waals surface area contributed by atoms with E-state index in [-0.39, 0.29) is 32.0 Å². The smallest absolute Gasteiger partial charge is 0.306 e. The molecule has 0 aliphatic heterocycles. The van der Waals surface area contributed by atoms with Gasteiger partial charge in [0.2, 0.25) is 0 Å². The SMILES string of the molecule is CCCCCCCCCCCCCCCCCC(=O)OCC(COP(=O)([O-])OCC[N+](C)(C)C)OC(=O)CCCCCCC(C)CCCCCCCCCC. The van der Waals surface area contributed by atoms with E-state index < -0.39 is 26.5 Å². The Kier molecular flexibility index (Phi) is 36.6. The van der Waals surface area contributed by atoms with Gasteiger partial charge in [0.1, 0.15) is 19.8 Å². The van der Waals surface area contributed by atoms with Crippen LogP contribution in [0.2, 0.25) is 0 Å². The molecule has 0 fully saturated rings. The van der Waals surface area contributed by atoms with Gasteiger partial charge in [-0.1, -0.05) is 194 Å². The first-order chi connectivity index (χ1) is 26.4. The van der Waals surface area contributed by atoms with Crippen molar-refractivity contribution in [3.8, 4) is 0 Å². The predicted octanol–water partition coefficient (Wildman–Crippen LogP) is 12.4. The summed E-state index contributed by atoms with van der Waals surface area (Å²) in [5.41, 5.74) is 0. The summed E-state index contributed by atoms with van der Waals surface area (Å²) in [5, 5.41) is 0. The van der Waals surface area contributed by atoms with Crippen LogP contribution >= 0.6 is 7.82 Å².